The lowest BCUT2D eigenvalue weighted by Crippen LogP contribution is -2.08. The summed E-state index contributed by atoms with van der Waals surface area (Å²) in [4.78, 5) is 0. The molecule has 0 amide bonds. The SMILES string of the molecule is CCc1ccc(C(C)C(Cl)CC)cc1. The first-order valence-electron chi connectivity index (χ1n) is 5.41. The van der Waals surface area contributed by atoms with E-state index < -0.39 is 0 Å². The molecule has 2 atom stereocenters. The Bertz CT molecular complexity index is 263. The molecule has 0 N–H and O–H groups in total. The molecule has 0 radical (unpaired) electrons. The monoisotopic (exact) mass is 210 g/mol. The first-order valence-corrected chi connectivity index (χ1v) is 5.85. The zero-order valence-corrected chi connectivity index (χ0v) is 10.0. The van der Waals surface area contributed by atoms with Crippen LogP contribution < -0.4 is 0 Å². The highest BCUT2D eigenvalue weighted by molar-refractivity contribution is 6.21. The van der Waals surface area contributed by atoms with Gasteiger partial charge in [0.25, 0.3) is 0 Å². The predicted molar refractivity (Wildman–Crippen MR) is 64.2 cm³/mol. The summed E-state index contributed by atoms with van der Waals surface area (Å²) in [5, 5.41) is 0.252. The van der Waals surface area contributed by atoms with E-state index in [9.17, 15) is 0 Å². The number of alkyl halides is 1. The maximum atomic E-state index is 6.22. The second-order valence-electron chi connectivity index (χ2n) is 3.81. The maximum Gasteiger partial charge on any atom is 0.0399 e. The Morgan fingerprint density at radius 2 is 1.71 bits per heavy atom. The minimum Gasteiger partial charge on any atom is -0.122 e. The molecule has 0 saturated carbocycles. The molecule has 1 rings (SSSR count). The van der Waals surface area contributed by atoms with Crippen LogP contribution in [0.5, 0.6) is 0 Å². The summed E-state index contributed by atoms with van der Waals surface area (Å²) in [5.74, 6) is 0.451. The summed E-state index contributed by atoms with van der Waals surface area (Å²) in [7, 11) is 0. The van der Waals surface area contributed by atoms with Gasteiger partial charge >= 0.3 is 0 Å². The third-order valence-corrected chi connectivity index (χ3v) is 3.53. The lowest BCUT2D eigenvalue weighted by Gasteiger charge is -2.16. The van der Waals surface area contributed by atoms with Crippen molar-refractivity contribution in [2.24, 2.45) is 0 Å². The van der Waals surface area contributed by atoms with Gasteiger partial charge in [0, 0.05) is 5.38 Å². The van der Waals surface area contributed by atoms with Gasteiger partial charge in [-0.25, -0.2) is 0 Å². The molecule has 14 heavy (non-hydrogen) atoms. The minimum atomic E-state index is 0.252. The van der Waals surface area contributed by atoms with Crippen LogP contribution in [0.3, 0.4) is 0 Å². The molecule has 0 aromatic heterocycles. The van der Waals surface area contributed by atoms with Gasteiger partial charge in [-0.1, -0.05) is 45.0 Å². The Labute approximate surface area is 92.3 Å². The van der Waals surface area contributed by atoms with Crippen molar-refractivity contribution in [3.05, 3.63) is 35.4 Å². The molecule has 0 spiro atoms. The van der Waals surface area contributed by atoms with Crippen molar-refractivity contribution in [1.82, 2.24) is 0 Å². The smallest absolute Gasteiger partial charge is 0.0399 e. The normalized spacial score (nSPS) is 15.1. The summed E-state index contributed by atoms with van der Waals surface area (Å²) in [6.45, 7) is 6.51. The van der Waals surface area contributed by atoms with Gasteiger partial charge in [-0.2, -0.15) is 0 Å². The predicted octanol–water partition coefficient (Wildman–Crippen LogP) is 4.37. The zero-order valence-electron chi connectivity index (χ0n) is 9.26. The van der Waals surface area contributed by atoms with Gasteiger partial charge in [0.05, 0.1) is 0 Å². The third kappa shape index (κ3) is 2.75. The number of halogens is 1. The molecule has 0 aliphatic carbocycles. The molecular weight excluding hydrogens is 192 g/mol. The van der Waals surface area contributed by atoms with Crippen LogP contribution in [0.4, 0.5) is 0 Å². The number of aryl methyl sites for hydroxylation is 1. The average molecular weight is 211 g/mol. The van der Waals surface area contributed by atoms with Crippen LogP contribution in [-0.4, -0.2) is 5.38 Å². The van der Waals surface area contributed by atoms with E-state index in [1.54, 1.807) is 0 Å². The molecular formula is C13H19Cl. The standard InChI is InChI=1S/C13H19Cl/c1-4-11-6-8-12(9-7-11)10(3)13(14)5-2/h6-10,13H,4-5H2,1-3H3. The molecule has 0 aliphatic rings. The second-order valence-corrected chi connectivity index (χ2v) is 4.37. The summed E-state index contributed by atoms with van der Waals surface area (Å²) in [6.07, 6.45) is 2.13. The fraction of sp³-hybridized carbons (Fsp3) is 0.538. The van der Waals surface area contributed by atoms with Gasteiger partial charge in [0.2, 0.25) is 0 Å². The average Bonchev–Trinajstić information content (AvgIpc) is 2.27. The first kappa shape index (κ1) is 11.6. The van der Waals surface area contributed by atoms with Crippen LogP contribution in [-0.2, 0) is 6.42 Å². The summed E-state index contributed by atoms with van der Waals surface area (Å²) < 4.78 is 0. The highest BCUT2D eigenvalue weighted by atomic mass is 35.5. The van der Waals surface area contributed by atoms with Gasteiger partial charge < -0.3 is 0 Å². The largest absolute Gasteiger partial charge is 0.122 e. The van der Waals surface area contributed by atoms with Crippen molar-refractivity contribution in [3.8, 4) is 0 Å². The Kier molecular flexibility index (Phi) is 4.47. The first-order chi connectivity index (χ1) is 6.69. The molecule has 0 saturated heterocycles. The highest BCUT2D eigenvalue weighted by Gasteiger charge is 2.13. The number of rotatable bonds is 4. The molecule has 0 nitrogen and oxygen atoms in total. The fourth-order valence-corrected chi connectivity index (χ4v) is 1.76. The molecule has 78 valence electrons. The second kappa shape index (κ2) is 5.41. The van der Waals surface area contributed by atoms with E-state index >= 15 is 0 Å². The minimum absolute atomic E-state index is 0.252. The van der Waals surface area contributed by atoms with Crippen molar-refractivity contribution in [2.75, 3.05) is 0 Å². The van der Waals surface area contributed by atoms with Crippen molar-refractivity contribution in [2.45, 2.75) is 44.9 Å². The van der Waals surface area contributed by atoms with Crippen molar-refractivity contribution in [1.29, 1.82) is 0 Å². The van der Waals surface area contributed by atoms with E-state index in [1.807, 2.05) is 0 Å². The Morgan fingerprint density at radius 3 is 2.14 bits per heavy atom. The molecule has 2 unspecified atom stereocenters. The molecule has 1 aromatic rings. The molecule has 0 fully saturated rings. The summed E-state index contributed by atoms with van der Waals surface area (Å²) in [5.41, 5.74) is 2.74. The summed E-state index contributed by atoms with van der Waals surface area (Å²) >= 11 is 6.22. The van der Waals surface area contributed by atoms with E-state index in [0.29, 0.717) is 5.92 Å². The molecule has 1 heteroatoms. The zero-order chi connectivity index (χ0) is 10.6. The Morgan fingerprint density at radius 1 is 1.14 bits per heavy atom. The van der Waals surface area contributed by atoms with E-state index in [1.165, 1.54) is 11.1 Å². The van der Waals surface area contributed by atoms with E-state index in [-0.39, 0.29) is 5.38 Å². The van der Waals surface area contributed by atoms with E-state index in [2.05, 4.69) is 45.0 Å². The van der Waals surface area contributed by atoms with E-state index in [4.69, 9.17) is 11.6 Å². The van der Waals surface area contributed by atoms with Crippen molar-refractivity contribution >= 4 is 11.6 Å². The number of benzene rings is 1. The van der Waals surface area contributed by atoms with Crippen molar-refractivity contribution in [3.63, 3.8) is 0 Å². The van der Waals surface area contributed by atoms with Crippen LogP contribution in [0.1, 0.15) is 44.2 Å². The lowest BCUT2D eigenvalue weighted by molar-refractivity contribution is 0.674. The van der Waals surface area contributed by atoms with Gasteiger partial charge in [0.15, 0.2) is 0 Å². The van der Waals surface area contributed by atoms with Gasteiger partial charge in [-0.15, -0.1) is 11.6 Å². The highest BCUT2D eigenvalue weighted by Crippen LogP contribution is 2.25. The number of hydrogen-bond acceptors (Lipinski definition) is 0. The topological polar surface area (TPSA) is 0 Å². The van der Waals surface area contributed by atoms with Crippen molar-refractivity contribution < 1.29 is 0 Å². The maximum absolute atomic E-state index is 6.22. The lowest BCUT2D eigenvalue weighted by atomic mass is 9.95. The van der Waals surface area contributed by atoms with Crippen LogP contribution in [0.2, 0.25) is 0 Å². The molecule has 0 heterocycles. The fourth-order valence-electron chi connectivity index (χ4n) is 1.62. The van der Waals surface area contributed by atoms with E-state index in [0.717, 1.165) is 12.8 Å². The Balaban J connectivity index is 2.75. The quantitative estimate of drug-likeness (QED) is 0.648. The van der Waals surface area contributed by atoms with Crippen LogP contribution >= 0.6 is 11.6 Å². The molecule has 0 aliphatic heterocycles. The summed E-state index contributed by atoms with van der Waals surface area (Å²) in [6, 6.07) is 8.80. The van der Waals surface area contributed by atoms with Gasteiger partial charge in [0.1, 0.15) is 0 Å². The van der Waals surface area contributed by atoms with Gasteiger partial charge in [-0.05, 0) is 29.9 Å². The molecule has 0 bridgehead atoms. The van der Waals surface area contributed by atoms with Crippen LogP contribution in [0.25, 0.3) is 0 Å². The van der Waals surface area contributed by atoms with Gasteiger partial charge in [-0.3, -0.25) is 0 Å². The molecule has 1 aromatic carbocycles. The van der Waals surface area contributed by atoms with Crippen LogP contribution in [0, 0.1) is 0 Å². The third-order valence-electron chi connectivity index (χ3n) is 2.85. The Hall–Kier alpha value is -0.490. The number of hydrogen-bond donors (Lipinski definition) is 0. The van der Waals surface area contributed by atoms with Crippen LogP contribution in [0.15, 0.2) is 24.3 Å².